The zero-order chi connectivity index (χ0) is 11.3. The molecule has 1 heterocycles. The van der Waals surface area contributed by atoms with Gasteiger partial charge in [-0.2, -0.15) is 0 Å². The Morgan fingerprint density at radius 3 is 2.47 bits per heavy atom. The molecule has 1 aromatic rings. The molecule has 0 fully saturated rings. The predicted molar refractivity (Wildman–Crippen MR) is 59.2 cm³/mol. The molecule has 0 bridgehead atoms. The van der Waals surface area contributed by atoms with Crippen molar-refractivity contribution in [1.82, 2.24) is 4.98 Å². The Kier molecular flexibility index (Phi) is 4.24. The average molecular weight is 208 g/mol. The number of hydrogen-bond acceptors (Lipinski definition) is 4. The molecule has 15 heavy (non-hydrogen) atoms. The highest BCUT2D eigenvalue weighted by Gasteiger charge is 2.06. The minimum Gasteiger partial charge on any atom is -0.388 e. The number of carbonyl (C=O) groups is 1. The van der Waals surface area contributed by atoms with Gasteiger partial charge in [0.25, 0.3) is 0 Å². The third kappa shape index (κ3) is 2.76. The first-order valence-electron chi connectivity index (χ1n) is 5.08. The fourth-order valence-corrected chi connectivity index (χ4v) is 1.38. The number of hydrogen-bond donors (Lipinski definition) is 1. The highest BCUT2D eigenvalue weighted by atomic mass is 16.3. The first kappa shape index (κ1) is 11.7. The van der Waals surface area contributed by atoms with Crippen LogP contribution in [0, 0.1) is 0 Å². The van der Waals surface area contributed by atoms with Gasteiger partial charge in [0.05, 0.1) is 0 Å². The molecule has 1 aromatic heterocycles. The number of carbonyl (C=O) groups excluding carboxylic acids is 1. The van der Waals surface area contributed by atoms with Crippen LogP contribution in [0.25, 0.3) is 0 Å². The van der Waals surface area contributed by atoms with Crippen LogP contribution < -0.4 is 4.90 Å². The molecule has 0 amide bonds. The molecule has 0 aliphatic rings. The molecule has 4 nitrogen and oxygen atoms in total. The molecule has 0 aromatic carbocycles. The lowest BCUT2D eigenvalue weighted by molar-refractivity contribution is 0.0903. The summed E-state index contributed by atoms with van der Waals surface area (Å²) >= 11 is 0. The van der Waals surface area contributed by atoms with E-state index in [2.05, 4.69) is 23.7 Å². The minimum atomic E-state index is -0.466. The molecule has 0 atom stereocenters. The smallest absolute Gasteiger partial charge is 0.189 e. The van der Waals surface area contributed by atoms with E-state index in [-0.39, 0.29) is 5.78 Å². The maximum absolute atomic E-state index is 11.1. The van der Waals surface area contributed by atoms with Gasteiger partial charge in [-0.15, -0.1) is 0 Å². The second-order valence-corrected chi connectivity index (χ2v) is 3.16. The summed E-state index contributed by atoms with van der Waals surface area (Å²) in [6.07, 6.45) is 1.51. The molecular formula is C11H16N2O2. The number of ketones is 1. The Bertz CT molecular complexity index is 318. The Labute approximate surface area is 89.6 Å². The standard InChI is InChI=1S/C11H16N2O2/c1-3-13(4-2)11-6-5-9(7-12-11)10(15)8-14/h5-7,14H,3-4,8H2,1-2H3. The van der Waals surface area contributed by atoms with Gasteiger partial charge in [0.15, 0.2) is 5.78 Å². The van der Waals surface area contributed by atoms with Crippen LogP contribution in [0.15, 0.2) is 18.3 Å². The fraction of sp³-hybridized carbons (Fsp3) is 0.455. The summed E-state index contributed by atoms with van der Waals surface area (Å²) < 4.78 is 0. The molecule has 0 aliphatic heterocycles. The van der Waals surface area contributed by atoms with Gasteiger partial charge in [-0.05, 0) is 26.0 Å². The van der Waals surface area contributed by atoms with E-state index in [1.54, 1.807) is 12.1 Å². The lowest BCUT2D eigenvalue weighted by atomic mass is 10.2. The quantitative estimate of drug-likeness (QED) is 0.736. The molecular weight excluding hydrogens is 192 g/mol. The number of Topliss-reactive ketones (excluding diaryl/α,β-unsaturated/α-hetero) is 1. The van der Waals surface area contributed by atoms with Crippen LogP contribution >= 0.6 is 0 Å². The molecule has 82 valence electrons. The van der Waals surface area contributed by atoms with E-state index >= 15 is 0 Å². The molecule has 0 spiro atoms. The van der Waals surface area contributed by atoms with Crippen LogP contribution in [0.2, 0.25) is 0 Å². The van der Waals surface area contributed by atoms with Crippen molar-refractivity contribution in [2.45, 2.75) is 13.8 Å². The van der Waals surface area contributed by atoms with Gasteiger partial charge < -0.3 is 10.0 Å². The topological polar surface area (TPSA) is 53.4 Å². The van der Waals surface area contributed by atoms with Crippen LogP contribution in [-0.4, -0.2) is 35.6 Å². The van der Waals surface area contributed by atoms with Crippen LogP contribution in [-0.2, 0) is 0 Å². The number of anilines is 1. The summed E-state index contributed by atoms with van der Waals surface area (Å²) in [5, 5.41) is 8.67. The zero-order valence-electron chi connectivity index (χ0n) is 9.10. The third-order valence-corrected chi connectivity index (χ3v) is 2.30. The number of pyridine rings is 1. The van der Waals surface area contributed by atoms with E-state index in [0.29, 0.717) is 5.56 Å². The third-order valence-electron chi connectivity index (χ3n) is 2.30. The Morgan fingerprint density at radius 2 is 2.07 bits per heavy atom. The lowest BCUT2D eigenvalue weighted by Gasteiger charge is -2.19. The van der Waals surface area contributed by atoms with E-state index < -0.39 is 6.61 Å². The van der Waals surface area contributed by atoms with Gasteiger partial charge in [-0.1, -0.05) is 0 Å². The highest BCUT2D eigenvalue weighted by Crippen LogP contribution is 2.10. The SMILES string of the molecule is CCN(CC)c1ccc(C(=O)CO)cn1. The fourth-order valence-electron chi connectivity index (χ4n) is 1.38. The van der Waals surface area contributed by atoms with Crippen molar-refractivity contribution in [2.24, 2.45) is 0 Å². The van der Waals surface area contributed by atoms with Crippen LogP contribution in [0.1, 0.15) is 24.2 Å². The zero-order valence-corrected chi connectivity index (χ0v) is 9.10. The van der Waals surface area contributed by atoms with Gasteiger partial charge in [-0.3, -0.25) is 4.79 Å². The van der Waals surface area contributed by atoms with Gasteiger partial charge in [-0.25, -0.2) is 4.98 Å². The predicted octanol–water partition coefficient (Wildman–Crippen LogP) is 1.10. The van der Waals surface area contributed by atoms with Crippen molar-refractivity contribution >= 4 is 11.6 Å². The second-order valence-electron chi connectivity index (χ2n) is 3.16. The number of rotatable bonds is 5. The summed E-state index contributed by atoms with van der Waals surface area (Å²) in [6, 6.07) is 3.50. The first-order chi connectivity index (χ1) is 7.22. The Balaban J connectivity index is 2.84. The minimum absolute atomic E-state index is 0.298. The van der Waals surface area contributed by atoms with Crippen molar-refractivity contribution in [3.63, 3.8) is 0 Å². The van der Waals surface area contributed by atoms with E-state index in [4.69, 9.17) is 5.11 Å². The summed E-state index contributed by atoms with van der Waals surface area (Å²) in [5.41, 5.74) is 0.452. The average Bonchev–Trinajstić information content (AvgIpc) is 2.30. The monoisotopic (exact) mass is 208 g/mol. The van der Waals surface area contributed by atoms with Crippen LogP contribution in [0.4, 0.5) is 5.82 Å². The van der Waals surface area contributed by atoms with Gasteiger partial charge in [0, 0.05) is 24.8 Å². The molecule has 1 rings (SSSR count). The Hall–Kier alpha value is -1.42. The number of nitrogens with zero attached hydrogens (tertiary/aromatic N) is 2. The highest BCUT2D eigenvalue weighted by molar-refractivity contribution is 5.96. The van der Waals surface area contributed by atoms with E-state index in [1.807, 2.05) is 0 Å². The Morgan fingerprint density at radius 1 is 1.40 bits per heavy atom. The van der Waals surface area contributed by atoms with Crippen molar-refractivity contribution < 1.29 is 9.90 Å². The van der Waals surface area contributed by atoms with Crippen molar-refractivity contribution in [3.05, 3.63) is 23.9 Å². The largest absolute Gasteiger partial charge is 0.388 e. The van der Waals surface area contributed by atoms with Gasteiger partial charge >= 0.3 is 0 Å². The molecule has 4 heteroatoms. The molecule has 1 N–H and O–H groups in total. The van der Waals surface area contributed by atoms with E-state index in [1.165, 1.54) is 6.20 Å². The van der Waals surface area contributed by atoms with Crippen molar-refractivity contribution in [3.8, 4) is 0 Å². The van der Waals surface area contributed by atoms with Crippen LogP contribution in [0.3, 0.4) is 0 Å². The number of aliphatic hydroxyl groups excluding tert-OH is 1. The summed E-state index contributed by atoms with van der Waals surface area (Å²) in [4.78, 5) is 17.4. The maximum atomic E-state index is 11.1. The van der Waals surface area contributed by atoms with Crippen molar-refractivity contribution in [2.75, 3.05) is 24.6 Å². The molecule has 0 aliphatic carbocycles. The summed E-state index contributed by atoms with van der Waals surface area (Å²) in [5.74, 6) is 0.558. The van der Waals surface area contributed by atoms with Gasteiger partial charge in [0.1, 0.15) is 12.4 Å². The van der Waals surface area contributed by atoms with E-state index in [9.17, 15) is 4.79 Å². The summed E-state index contributed by atoms with van der Waals surface area (Å²) in [7, 11) is 0. The maximum Gasteiger partial charge on any atom is 0.189 e. The molecule has 0 radical (unpaired) electrons. The van der Waals surface area contributed by atoms with Crippen LogP contribution in [0.5, 0.6) is 0 Å². The first-order valence-corrected chi connectivity index (χ1v) is 5.08. The van der Waals surface area contributed by atoms with Gasteiger partial charge in [0.2, 0.25) is 0 Å². The summed E-state index contributed by atoms with van der Waals surface area (Å²) in [6.45, 7) is 5.41. The number of aromatic nitrogens is 1. The van der Waals surface area contributed by atoms with Crippen molar-refractivity contribution in [1.29, 1.82) is 0 Å². The lowest BCUT2D eigenvalue weighted by Crippen LogP contribution is -2.23. The number of aliphatic hydroxyl groups is 1. The molecule has 0 saturated carbocycles. The molecule has 0 saturated heterocycles. The van der Waals surface area contributed by atoms with E-state index in [0.717, 1.165) is 18.9 Å². The molecule has 0 unspecified atom stereocenters. The normalized spacial score (nSPS) is 10.1. The second kappa shape index (κ2) is 5.46.